The molecule has 2 aromatic rings. The third-order valence-corrected chi connectivity index (χ3v) is 5.95. The van der Waals surface area contributed by atoms with Gasteiger partial charge in [-0.05, 0) is 41.1 Å². The number of sulfonamides is 1. The van der Waals surface area contributed by atoms with Crippen LogP contribution in [-0.4, -0.2) is 19.9 Å². The minimum atomic E-state index is -3.66. The van der Waals surface area contributed by atoms with Gasteiger partial charge in [-0.25, -0.2) is 22.5 Å². The monoisotopic (exact) mass is 378 g/mol. The summed E-state index contributed by atoms with van der Waals surface area (Å²) in [6.07, 6.45) is 0.524. The lowest BCUT2D eigenvalue weighted by molar-refractivity contribution is 0.580. The second-order valence-corrected chi connectivity index (χ2v) is 7.64. The predicted octanol–water partition coefficient (Wildman–Crippen LogP) is 2.87. The maximum Gasteiger partial charge on any atom is 0.241 e. The Kier molecular flexibility index (Phi) is 4.90. The van der Waals surface area contributed by atoms with E-state index in [1.165, 1.54) is 17.4 Å². The summed E-state index contributed by atoms with van der Waals surface area (Å²) in [4.78, 5) is 4.28. The van der Waals surface area contributed by atoms with Crippen molar-refractivity contribution in [3.63, 3.8) is 0 Å². The zero-order valence-corrected chi connectivity index (χ0v) is 13.8. The van der Waals surface area contributed by atoms with Gasteiger partial charge in [-0.2, -0.15) is 0 Å². The lowest BCUT2D eigenvalue weighted by Crippen LogP contribution is -2.26. The second-order valence-electron chi connectivity index (χ2n) is 4.11. The SMILES string of the molecule is Cc1csc(CCNS(=O)(=O)c2ccc(F)cc2Br)n1. The van der Waals surface area contributed by atoms with Gasteiger partial charge in [0.15, 0.2) is 0 Å². The highest BCUT2D eigenvalue weighted by atomic mass is 79.9. The van der Waals surface area contributed by atoms with E-state index in [1.54, 1.807) is 0 Å². The molecule has 0 spiro atoms. The van der Waals surface area contributed by atoms with E-state index in [9.17, 15) is 12.8 Å². The van der Waals surface area contributed by atoms with Crippen LogP contribution in [0.2, 0.25) is 0 Å². The Labute approximate surface area is 129 Å². The van der Waals surface area contributed by atoms with E-state index in [-0.39, 0.29) is 15.9 Å². The molecular formula is C12H12BrFN2O2S2. The van der Waals surface area contributed by atoms with Gasteiger partial charge >= 0.3 is 0 Å². The predicted molar refractivity (Wildman–Crippen MR) is 79.8 cm³/mol. The molecule has 0 fully saturated rings. The van der Waals surface area contributed by atoms with Crippen LogP contribution in [0.15, 0.2) is 32.9 Å². The highest BCUT2D eigenvalue weighted by Crippen LogP contribution is 2.22. The Balaban J connectivity index is 2.04. The van der Waals surface area contributed by atoms with Crippen LogP contribution in [0.3, 0.4) is 0 Å². The fourth-order valence-corrected chi connectivity index (χ4v) is 4.44. The largest absolute Gasteiger partial charge is 0.247 e. The Bertz CT molecular complexity index is 716. The van der Waals surface area contributed by atoms with E-state index >= 15 is 0 Å². The number of thiazole rings is 1. The Hall–Kier alpha value is -0.830. The summed E-state index contributed by atoms with van der Waals surface area (Å²) in [5, 5.41) is 2.80. The van der Waals surface area contributed by atoms with Gasteiger partial charge in [0, 0.05) is 28.5 Å². The normalized spacial score (nSPS) is 11.8. The van der Waals surface area contributed by atoms with Gasteiger partial charge in [-0.3, -0.25) is 0 Å². The van der Waals surface area contributed by atoms with Gasteiger partial charge in [0.2, 0.25) is 10.0 Å². The fraction of sp³-hybridized carbons (Fsp3) is 0.250. The van der Waals surface area contributed by atoms with Gasteiger partial charge in [0.1, 0.15) is 5.82 Å². The highest BCUT2D eigenvalue weighted by molar-refractivity contribution is 9.10. The van der Waals surface area contributed by atoms with Crippen LogP contribution in [0.5, 0.6) is 0 Å². The van der Waals surface area contributed by atoms with Crippen molar-refractivity contribution >= 4 is 37.3 Å². The Morgan fingerprint density at radius 3 is 2.80 bits per heavy atom. The van der Waals surface area contributed by atoms with Crippen LogP contribution >= 0.6 is 27.3 Å². The molecule has 8 heteroatoms. The van der Waals surface area contributed by atoms with E-state index < -0.39 is 15.8 Å². The molecule has 4 nitrogen and oxygen atoms in total. The lowest BCUT2D eigenvalue weighted by atomic mass is 10.3. The molecule has 0 atom stereocenters. The van der Waals surface area contributed by atoms with Gasteiger partial charge in [0.05, 0.1) is 9.90 Å². The number of halogens is 2. The summed E-state index contributed by atoms with van der Waals surface area (Å²) in [6, 6.07) is 3.47. The Morgan fingerprint density at radius 1 is 1.45 bits per heavy atom. The van der Waals surface area contributed by atoms with Crippen molar-refractivity contribution in [2.24, 2.45) is 0 Å². The molecule has 0 unspecified atom stereocenters. The summed E-state index contributed by atoms with van der Waals surface area (Å²) in [5.74, 6) is -0.492. The number of nitrogens with one attached hydrogen (secondary N) is 1. The lowest BCUT2D eigenvalue weighted by Gasteiger charge is -2.07. The van der Waals surface area contributed by atoms with E-state index in [0.29, 0.717) is 6.42 Å². The number of aromatic nitrogens is 1. The van der Waals surface area contributed by atoms with Crippen molar-refractivity contribution in [2.45, 2.75) is 18.2 Å². The average Bonchev–Trinajstić information content (AvgIpc) is 2.74. The maximum absolute atomic E-state index is 13.0. The first kappa shape index (κ1) is 15.6. The Morgan fingerprint density at radius 2 is 2.20 bits per heavy atom. The van der Waals surface area contributed by atoms with E-state index in [1.807, 2.05) is 12.3 Å². The second kappa shape index (κ2) is 6.30. The van der Waals surface area contributed by atoms with Crippen molar-refractivity contribution in [2.75, 3.05) is 6.54 Å². The molecule has 0 saturated carbocycles. The summed E-state index contributed by atoms with van der Waals surface area (Å²) >= 11 is 4.55. The molecule has 0 radical (unpaired) electrons. The molecular weight excluding hydrogens is 367 g/mol. The van der Waals surface area contributed by atoms with Crippen LogP contribution in [0.1, 0.15) is 10.7 Å². The number of hydrogen-bond donors (Lipinski definition) is 1. The molecule has 108 valence electrons. The van der Waals surface area contributed by atoms with Gasteiger partial charge in [-0.15, -0.1) is 11.3 Å². The quantitative estimate of drug-likeness (QED) is 0.869. The van der Waals surface area contributed by atoms with Crippen LogP contribution in [0.25, 0.3) is 0 Å². The van der Waals surface area contributed by atoms with Crippen molar-refractivity contribution < 1.29 is 12.8 Å². The summed E-state index contributed by atoms with van der Waals surface area (Å²) in [5.41, 5.74) is 0.925. The molecule has 1 aromatic carbocycles. The van der Waals surface area contributed by atoms with Crippen molar-refractivity contribution in [3.05, 3.63) is 44.6 Å². The van der Waals surface area contributed by atoms with Crippen LogP contribution in [0, 0.1) is 12.7 Å². The molecule has 0 amide bonds. The first-order valence-electron chi connectivity index (χ1n) is 5.74. The molecule has 1 N–H and O–H groups in total. The number of rotatable bonds is 5. The molecule has 0 aliphatic rings. The van der Waals surface area contributed by atoms with Gasteiger partial charge in [-0.1, -0.05) is 0 Å². The molecule has 1 aromatic heterocycles. The van der Waals surface area contributed by atoms with Gasteiger partial charge in [0.25, 0.3) is 0 Å². The first-order chi connectivity index (χ1) is 9.38. The molecule has 20 heavy (non-hydrogen) atoms. The van der Waals surface area contributed by atoms with E-state index in [4.69, 9.17) is 0 Å². The smallest absolute Gasteiger partial charge is 0.241 e. The van der Waals surface area contributed by atoms with E-state index in [0.717, 1.165) is 22.8 Å². The van der Waals surface area contributed by atoms with E-state index in [2.05, 4.69) is 25.6 Å². The first-order valence-corrected chi connectivity index (χ1v) is 8.90. The van der Waals surface area contributed by atoms with Crippen molar-refractivity contribution in [1.29, 1.82) is 0 Å². The standard InChI is InChI=1S/C12H12BrFN2O2S2/c1-8-7-19-12(16-8)4-5-15-20(17,18)11-3-2-9(14)6-10(11)13/h2-3,6-7,15H,4-5H2,1H3. The minimum Gasteiger partial charge on any atom is -0.247 e. The molecule has 0 aliphatic heterocycles. The fourth-order valence-electron chi connectivity index (χ4n) is 1.58. The maximum atomic E-state index is 13.0. The zero-order valence-electron chi connectivity index (χ0n) is 10.6. The minimum absolute atomic E-state index is 0.0224. The molecule has 0 bridgehead atoms. The van der Waals surface area contributed by atoms with Crippen LogP contribution in [-0.2, 0) is 16.4 Å². The molecule has 2 rings (SSSR count). The zero-order chi connectivity index (χ0) is 14.8. The van der Waals surface area contributed by atoms with Crippen molar-refractivity contribution in [3.8, 4) is 0 Å². The number of aryl methyl sites for hydroxylation is 1. The number of benzene rings is 1. The summed E-state index contributed by atoms with van der Waals surface area (Å²) < 4.78 is 39.8. The highest BCUT2D eigenvalue weighted by Gasteiger charge is 2.17. The molecule has 0 aliphatic carbocycles. The summed E-state index contributed by atoms with van der Waals surface area (Å²) in [6.45, 7) is 2.14. The third-order valence-electron chi connectivity index (χ3n) is 2.48. The topological polar surface area (TPSA) is 59.1 Å². The summed E-state index contributed by atoms with van der Waals surface area (Å²) in [7, 11) is -3.66. The number of hydrogen-bond acceptors (Lipinski definition) is 4. The van der Waals surface area contributed by atoms with Gasteiger partial charge < -0.3 is 0 Å². The van der Waals surface area contributed by atoms with Crippen LogP contribution in [0.4, 0.5) is 4.39 Å². The third kappa shape index (κ3) is 3.85. The van der Waals surface area contributed by atoms with Crippen molar-refractivity contribution in [1.82, 2.24) is 9.71 Å². The number of nitrogens with zero attached hydrogens (tertiary/aromatic N) is 1. The molecule has 0 saturated heterocycles. The van der Waals surface area contributed by atoms with Crippen LogP contribution < -0.4 is 4.72 Å². The average molecular weight is 379 g/mol. The molecule has 1 heterocycles.